The summed E-state index contributed by atoms with van der Waals surface area (Å²) in [5, 5.41) is 0. The molecule has 19 heavy (non-hydrogen) atoms. The van der Waals surface area contributed by atoms with Crippen molar-refractivity contribution in [2.24, 2.45) is 11.8 Å². The zero-order valence-corrected chi connectivity index (χ0v) is 15.7. The van der Waals surface area contributed by atoms with Gasteiger partial charge in [0.2, 0.25) is 0 Å². The average Bonchev–Trinajstić information content (AvgIpc) is 2.30. The van der Waals surface area contributed by atoms with Crippen LogP contribution in [0, 0.1) is 31.7 Å². The van der Waals surface area contributed by atoms with E-state index >= 15 is 0 Å². The third-order valence-corrected chi connectivity index (χ3v) is 4.41. The van der Waals surface area contributed by atoms with Crippen LogP contribution in [-0.4, -0.2) is 0 Å². The summed E-state index contributed by atoms with van der Waals surface area (Å²) < 4.78 is 0. The molecule has 1 aliphatic rings. The summed E-state index contributed by atoms with van der Waals surface area (Å²) in [6.45, 7) is 6.71. The minimum Gasteiger partial charge on any atom is -0.177 e. The van der Waals surface area contributed by atoms with Gasteiger partial charge in [0.15, 0.2) is 0 Å². The Morgan fingerprint density at radius 3 is 2.21 bits per heavy atom. The van der Waals surface area contributed by atoms with Gasteiger partial charge in [-0.1, -0.05) is 65.7 Å². The molecule has 0 aromatic heterocycles. The van der Waals surface area contributed by atoms with Crippen LogP contribution in [0.25, 0.3) is 0 Å². The Morgan fingerprint density at radius 2 is 1.63 bits per heavy atom. The van der Waals surface area contributed by atoms with Crippen molar-refractivity contribution >= 4 is 0 Å². The molecule has 100 valence electrons. The number of benzene rings is 1. The van der Waals surface area contributed by atoms with Gasteiger partial charge in [0.05, 0.1) is 0 Å². The van der Waals surface area contributed by atoms with Gasteiger partial charge in [-0.2, -0.15) is 34.9 Å². The van der Waals surface area contributed by atoms with Crippen LogP contribution in [0.2, 0.25) is 0 Å². The summed E-state index contributed by atoms with van der Waals surface area (Å²) in [5.74, 6) is 2.00. The molecule has 2 rings (SSSR count). The van der Waals surface area contributed by atoms with E-state index < -0.39 is 0 Å². The van der Waals surface area contributed by atoms with E-state index in [0.717, 1.165) is 11.8 Å². The van der Waals surface area contributed by atoms with Crippen molar-refractivity contribution < 1.29 is 32.7 Å². The van der Waals surface area contributed by atoms with E-state index in [2.05, 4.69) is 39.0 Å². The van der Waals surface area contributed by atoms with Crippen LogP contribution in [0.4, 0.5) is 0 Å². The monoisotopic (exact) mass is 332 g/mol. The largest absolute Gasteiger partial charge is 3.00 e. The van der Waals surface area contributed by atoms with Gasteiger partial charge in [-0.15, -0.1) is 0 Å². The summed E-state index contributed by atoms with van der Waals surface area (Å²) in [7, 11) is 0. The van der Waals surface area contributed by atoms with Crippen LogP contribution in [0.15, 0.2) is 12.1 Å². The fourth-order valence-electron chi connectivity index (χ4n) is 3.34. The molecule has 0 spiro atoms. The van der Waals surface area contributed by atoms with Crippen molar-refractivity contribution in [2.45, 2.75) is 65.7 Å². The molecule has 1 aliphatic carbocycles. The van der Waals surface area contributed by atoms with Gasteiger partial charge in [-0.05, 0) is 11.8 Å². The molecule has 1 saturated carbocycles. The molecule has 0 saturated heterocycles. The normalized spacial score (nSPS) is 22.9. The van der Waals surface area contributed by atoms with Crippen LogP contribution in [0.5, 0.6) is 0 Å². The maximum Gasteiger partial charge on any atom is 3.00 e. The number of hydrogen-bond acceptors (Lipinski definition) is 0. The predicted molar refractivity (Wildman–Crippen MR) is 78.8 cm³/mol. The zero-order valence-electron chi connectivity index (χ0n) is 12.8. The quantitative estimate of drug-likeness (QED) is 0.661. The van der Waals surface area contributed by atoms with Gasteiger partial charge < -0.3 is 0 Å². The van der Waals surface area contributed by atoms with E-state index in [1.54, 1.807) is 0 Å². The van der Waals surface area contributed by atoms with Crippen LogP contribution in [-0.2, 0) is 39.1 Å². The smallest absolute Gasteiger partial charge is 0.177 e. The van der Waals surface area contributed by atoms with Gasteiger partial charge in [0.25, 0.3) is 0 Å². The fraction of sp³-hybridized carbons (Fsp3) is 0.667. The molecular formula is C18H27Y+2. The van der Waals surface area contributed by atoms with E-state index in [1.807, 2.05) is 0 Å². The van der Waals surface area contributed by atoms with Crippen molar-refractivity contribution in [1.29, 1.82) is 0 Å². The number of rotatable bonds is 4. The predicted octanol–water partition coefficient (Wildman–Crippen LogP) is 5.25. The number of aryl methyl sites for hydroxylation is 3. The second kappa shape index (κ2) is 8.58. The molecule has 0 bridgehead atoms. The first kappa shape index (κ1) is 17.4. The van der Waals surface area contributed by atoms with Crippen molar-refractivity contribution in [2.75, 3.05) is 0 Å². The van der Waals surface area contributed by atoms with Crippen LogP contribution >= 0.6 is 0 Å². The Morgan fingerprint density at radius 1 is 1.05 bits per heavy atom. The molecule has 0 atom stereocenters. The molecule has 1 aromatic carbocycles. The van der Waals surface area contributed by atoms with Crippen molar-refractivity contribution in [3.05, 3.63) is 34.9 Å². The summed E-state index contributed by atoms with van der Waals surface area (Å²) in [5.41, 5.74) is 4.08. The molecule has 0 nitrogen and oxygen atoms in total. The molecule has 0 heterocycles. The van der Waals surface area contributed by atoms with Gasteiger partial charge in [-0.25, -0.2) is 0 Å². The first-order chi connectivity index (χ1) is 8.63. The Bertz CT molecular complexity index is 355. The topological polar surface area (TPSA) is 0 Å². The van der Waals surface area contributed by atoms with Gasteiger partial charge in [0.1, 0.15) is 0 Å². The minimum absolute atomic E-state index is 0. The standard InChI is InChI=1S/C18H27.Y/c1-14-7-9-17(10-8-14)5-4-6-18-12-15(2)11-16(3)13-18;/h12-14,17H,4-10H2,1-3H3;/q-1;+3. The second-order valence-corrected chi connectivity index (χ2v) is 6.37. The van der Waals surface area contributed by atoms with Gasteiger partial charge in [-0.3, -0.25) is 0 Å². The molecule has 1 aromatic rings. The Kier molecular flexibility index (Phi) is 7.84. The summed E-state index contributed by atoms with van der Waals surface area (Å²) in [4.78, 5) is 0. The van der Waals surface area contributed by atoms with Crippen LogP contribution in [0.1, 0.15) is 62.1 Å². The summed E-state index contributed by atoms with van der Waals surface area (Å²) in [6.07, 6.45) is 9.92. The molecule has 1 fully saturated rings. The fourth-order valence-corrected chi connectivity index (χ4v) is 3.34. The van der Waals surface area contributed by atoms with E-state index in [9.17, 15) is 0 Å². The number of hydrogen-bond donors (Lipinski definition) is 0. The van der Waals surface area contributed by atoms with Crippen molar-refractivity contribution in [3.8, 4) is 0 Å². The summed E-state index contributed by atoms with van der Waals surface area (Å²) >= 11 is 0. The Labute approximate surface area is 144 Å². The first-order valence-electron chi connectivity index (χ1n) is 7.63. The Balaban J connectivity index is 0.00000180. The maximum atomic E-state index is 3.36. The molecule has 0 unspecified atom stereocenters. The van der Waals surface area contributed by atoms with E-state index in [4.69, 9.17) is 0 Å². The molecule has 0 aliphatic heterocycles. The van der Waals surface area contributed by atoms with Gasteiger partial charge >= 0.3 is 32.7 Å². The molecule has 0 amide bonds. The molecule has 0 radical (unpaired) electrons. The SMILES string of the molecule is Cc1[c-]c(C)cc(CCCC2CCC(C)CC2)c1.[Y+3]. The van der Waals surface area contributed by atoms with Crippen molar-refractivity contribution in [1.82, 2.24) is 0 Å². The third-order valence-electron chi connectivity index (χ3n) is 4.41. The second-order valence-electron chi connectivity index (χ2n) is 6.37. The van der Waals surface area contributed by atoms with Crippen LogP contribution in [0.3, 0.4) is 0 Å². The molecular weight excluding hydrogens is 305 g/mol. The molecule has 0 N–H and O–H groups in total. The maximum absolute atomic E-state index is 3.36. The average molecular weight is 332 g/mol. The minimum atomic E-state index is 0. The molecule has 1 heteroatoms. The van der Waals surface area contributed by atoms with Crippen molar-refractivity contribution in [3.63, 3.8) is 0 Å². The van der Waals surface area contributed by atoms with E-state index in [0.29, 0.717) is 0 Å². The summed E-state index contributed by atoms with van der Waals surface area (Å²) in [6, 6.07) is 7.96. The van der Waals surface area contributed by atoms with E-state index in [-0.39, 0.29) is 32.7 Å². The van der Waals surface area contributed by atoms with Crippen LogP contribution < -0.4 is 0 Å². The first-order valence-corrected chi connectivity index (χ1v) is 7.63. The van der Waals surface area contributed by atoms with Gasteiger partial charge in [0, 0.05) is 0 Å². The zero-order chi connectivity index (χ0) is 13.0. The third kappa shape index (κ3) is 6.09. The van der Waals surface area contributed by atoms with E-state index in [1.165, 1.54) is 61.6 Å². The Hall–Kier alpha value is 0.324.